The van der Waals surface area contributed by atoms with Crippen LogP contribution in [0, 0.1) is 5.92 Å². The van der Waals surface area contributed by atoms with E-state index in [0.29, 0.717) is 24.9 Å². The Balaban J connectivity index is 2.36. The van der Waals surface area contributed by atoms with Gasteiger partial charge in [-0.1, -0.05) is 19.9 Å². The van der Waals surface area contributed by atoms with Crippen LogP contribution in [0.15, 0.2) is 17.2 Å². The number of aromatic nitrogens is 1. The van der Waals surface area contributed by atoms with Gasteiger partial charge in [-0.25, -0.2) is 4.98 Å². The second-order valence-corrected chi connectivity index (χ2v) is 6.03. The minimum Gasteiger partial charge on any atom is -0.309 e. The molecule has 2 heterocycles. The van der Waals surface area contributed by atoms with E-state index < -0.39 is 10.1 Å². The van der Waals surface area contributed by atoms with Gasteiger partial charge in [-0.15, -0.1) is 0 Å². The number of fused-ring (bicyclic) bond motifs is 1. The summed E-state index contributed by atoms with van der Waals surface area (Å²) in [6.45, 7) is 4.90. The maximum absolute atomic E-state index is 11.0. The van der Waals surface area contributed by atoms with E-state index in [0.717, 1.165) is 11.3 Å². The van der Waals surface area contributed by atoms with Crippen LogP contribution in [0.3, 0.4) is 0 Å². The predicted molar refractivity (Wildman–Crippen MR) is 63.2 cm³/mol. The lowest BCUT2D eigenvalue weighted by molar-refractivity contribution is 0.371. The molecule has 0 amide bonds. The summed E-state index contributed by atoms with van der Waals surface area (Å²) in [6.07, 6.45) is 0.691. The second kappa shape index (κ2) is 4.36. The molecule has 1 aliphatic rings. The Morgan fingerprint density at radius 1 is 1.47 bits per heavy atom. The number of nitrogens with one attached hydrogen (secondary N) is 1. The first-order valence-corrected chi connectivity index (χ1v) is 7.01. The second-order valence-electron chi connectivity index (χ2n) is 4.67. The van der Waals surface area contributed by atoms with Gasteiger partial charge < -0.3 is 5.32 Å². The molecule has 0 bridgehead atoms. The highest BCUT2D eigenvalue weighted by atomic mass is 32.2. The Labute approximate surface area is 101 Å². The Morgan fingerprint density at radius 2 is 2.18 bits per heavy atom. The molecule has 1 atom stereocenters. The number of hydrogen-bond donors (Lipinski definition) is 2. The quantitative estimate of drug-likeness (QED) is 0.772. The first-order chi connectivity index (χ1) is 7.88. The zero-order chi connectivity index (χ0) is 12.6. The highest BCUT2D eigenvalue weighted by Gasteiger charge is 2.23. The van der Waals surface area contributed by atoms with Gasteiger partial charge in [-0.3, -0.25) is 4.55 Å². The summed E-state index contributed by atoms with van der Waals surface area (Å²) in [5.41, 5.74) is 1.76. The molecule has 0 saturated heterocycles. The van der Waals surface area contributed by atoms with E-state index in [9.17, 15) is 8.42 Å². The standard InChI is InChI=1S/C11H16N2O3S/c1-7(2)9-5-10-8(6-12-9)3-4-11(13-10)17(14,15)16/h3-4,7,9,12H,5-6H2,1-2H3,(H,14,15,16). The first kappa shape index (κ1) is 12.5. The minimum absolute atomic E-state index is 0.263. The topological polar surface area (TPSA) is 79.3 Å². The van der Waals surface area contributed by atoms with Crippen molar-refractivity contribution in [1.82, 2.24) is 10.3 Å². The third-order valence-electron chi connectivity index (χ3n) is 3.08. The average molecular weight is 256 g/mol. The number of hydrogen-bond acceptors (Lipinski definition) is 4. The summed E-state index contributed by atoms with van der Waals surface area (Å²) in [4.78, 5) is 4.04. The van der Waals surface area contributed by atoms with Crippen molar-refractivity contribution in [3.8, 4) is 0 Å². The van der Waals surface area contributed by atoms with Crippen LogP contribution in [-0.4, -0.2) is 24.0 Å². The number of nitrogens with zero attached hydrogens (tertiary/aromatic N) is 1. The molecule has 0 radical (unpaired) electrons. The van der Waals surface area contributed by atoms with Crippen molar-refractivity contribution in [3.05, 3.63) is 23.4 Å². The van der Waals surface area contributed by atoms with E-state index in [-0.39, 0.29) is 5.03 Å². The van der Waals surface area contributed by atoms with Crippen molar-refractivity contribution < 1.29 is 13.0 Å². The number of rotatable bonds is 2. The van der Waals surface area contributed by atoms with Crippen molar-refractivity contribution in [2.45, 2.75) is 37.9 Å². The fraction of sp³-hybridized carbons (Fsp3) is 0.545. The van der Waals surface area contributed by atoms with Crippen molar-refractivity contribution >= 4 is 10.1 Å². The Kier molecular flexibility index (Phi) is 3.20. The fourth-order valence-electron chi connectivity index (χ4n) is 1.98. The van der Waals surface area contributed by atoms with Crippen LogP contribution in [0.2, 0.25) is 0 Å². The van der Waals surface area contributed by atoms with Crippen molar-refractivity contribution in [2.24, 2.45) is 5.92 Å². The van der Waals surface area contributed by atoms with Gasteiger partial charge in [-0.2, -0.15) is 8.42 Å². The van der Waals surface area contributed by atoms with E-state index in [1.807, 2.05) is 0 Å². The van der Waals surface area contributed by atoms with Crippen LogP contribution in [0.25, 0.3) is 0 Å². The predicted octanol–water partition coefficient (Wildman–Crippen LogP) is 0.999. The smallest absolute Gasteiger partial charge is 0.309 e. The van der Waals surface area contributed by atoms with Crippen LogP contribution in [0.4, 0.5) is 0 Å². The van der Waals surface area contributed by atoms with Crippen LogP contribution in [0.1, 0.15) is 25.1 Å². The van der Waals surface area contributed by atoms with Crippen LogP contribution >= 0.6 is 0 Å². The highest BCUT2D eigenvalue weighted by molar-refractivity contribution is 7.85. The summed E-state index contributed by atoms with van der Waals surface area (Å²) in [5.74, 6) is 0.458. The van der Waals surface area contributed by atoms with Gasteiger partial charge in [0, 0.05) is 24.7 Å². The fourth-order valence-corrected chi connectivity index (χ4v) is 2.45. The number of pyridine rings is 1. The Bertz CT molecular complexity index is 526. The SMILES string of the molecule is CC(C)C1Cc2nc(S(=O)(=O)O)ccc2CN1. The summed E-state index contributed by atoms with van der Waals surface area (Å²) < 4.78 is 31.0. The van der Waals surface area contributed by atoms with Gasteiger partial charge in [0.05, 0.1) is 0 Å². The van der Waals surface area contributed by atoms with Gasteiger partial charge in [-0.05, 0) is 17.5 Å². The summed E-state index contributed by atoms with van der Waals surface area (Å²) in [6, 6.07) is 3.34. The molecular formula is C11H16N2O3S. The van der Waals surface area contributed by atoms with E-state index in [1.165, 1.54) is 6.07 Å². The molecule has 1 aromatic heterocycles. The van der Waals surface area contributed by atoms with E-state index in [1.54, 1.807) is 6.07 Å². The summed E-state index contributed by atoms with van der Waals surface area (Å²) in [7, 11) is -4.21. The third kappa shape index (κ3) is 2.65. The van der Waals surface area contributed by atoms with Gasteiger partial charge in [0.25, 0.3) is 0 Å². The van der Waals surface area contributed by atoms with E-state index in [2.05, 4.69) is 24.1 Å². The van der Waals surface area contributed by atoms with Gasteiger partial charge in [0.2, 0.25) is 0 Å². The lowest BCUT2D eigenvalue weighted by Gasteiger charge is -2.28. The molecule has 17 heavy (non-hydrogen) atoms. The maximum atomic E-state index is 11.0. The molecule has 0 aromatic carbocycles. The normalized spacial score (nSPS) is 20.4. The Morgan fingerprint density at radius 3 is 2.76 bits per heavy atom. The largest absolute Gasteiger partial charge is 0.312 e. The van der Waals surface area contributed by atoms with E-state index >= 15 is 0 Å². The molecule has 1 aromatic rings. The van der Waals surface area contributed by atoms with Crippen molar-refractivity contribution in [1.29, 1.82) is 0 Å². The molecule has 0 spiro atoms. The molecule has 1 aliphatic heterocycles. The molecule has 1 unspecified atom stereocenters. The minimum atomic E-state index is -4.21. The zero-order valence-corrected chi connectivity index (χ0v) is 10.7. The Hall–Kier alpha value is -0.980. The maximum Gasteiger partial charge on any atom is 0.312 e. The van der Waals surface area contributed by atoms with Gasteiger partial charge in [0.15, 0.2) is 5.03 Å². The molecular weight excluding hydrogens is 240 g/mol. The monoisotopic (exact) mass is 256 g/mol. The lowest BCUT2D eigenvalue weighted by atomic mass is 9.93. The molecule has 5 nitrogen and oxygen atoms in total. The molecule has 0 fully saturated rings. The first-order valence-electron chi connectivity index (χ1n) is 5.57. The van der Waals surface area contributed by atoms with Crippen molar-refractivity contribution in [2.75, 3.05) is 0 Å². The molecule has 2 N–H and O–H groups in total. The molecule has 94 valence electrons. The van der Waals surface area contributed by atoms with Crippen LogP contribution in [0.5, 0.6) is 0 Å². The molecule has 2 rings (SSSR count). The zero-order valence-electron chi connectivity index (χ0n) is 9.84. The van der Waals surface area contributed by atoms with Crippen LogP contribution < -0.4 is 5.32 Å². The summed E-state index contributed by atoms with van der Waals surface area (Å²) >= 11 is 0. The molecule has 6 heteroatoms. The van der Waals surface area contributed by atoms with E-state index in [4.69, 9.17) is 4.55 Å². The average Bonchev–Trinajstić information content (AvgIpc) is 2.26. The summed E-state index contributed by atoms with van der Waals surface area (Å²) in [5, 5.41) is 3.12. The highest BCUT2D eigenvalue weighted by Crippen LogP contribution is 2.20. The van der Waals surface area contributed by atoms with Gasteiger partial charge in [0.1, 0.15) is 0 Å². The van der Waals surface area contributed by atoms with Crippen molar-refractivity contribution in [3.63, 3.8) is 0 Å². The third-order valence-corrected chi connectivity index (χ3v) is 3.84. The molecule has 0 saturated carbocycles. The van der Waals surface area contributed by atoms with Gasteiger partial charge >= 0.3 is 10.1 Å². The lowest BCUT2D eigenvalue weighted by Crippen LogP contribution is -2.39. The van der Waals surface area contributed by atoms with Crippen LogP contribution in [-0.2, 0) is 23.1 Å². The molecule has 0 aliphatic carbocycles.